The van der Waals surface area contributed by atoms with Gasteiger partial charge in [-0.05, 0) is 56.0 Å². The second-order valence-corrected chi connectivity index (χ2v) is 6.58. The fourth-order valence-electron chi connectivity index (χ4n) is 2.74. The number of nitrogens with one attached hydrogen (secondary N) is 2. The Bertz CT molecular complexity index is 714. The molecule has 0 aromatic heterocycles. The molecular weight excluding hydrogens is 340 g/mol. The zero-order chi connectivity index (χ0) is 19.5. The van der Waals surface area contributed by atoms with Gasteiger partial charge < -0.3 is 15.4 Å². The molecule has 2 aromatic carbocycles. The maximum Gasteiger partial charge on any atom is 0.251 e. The van der Waals surface area contributed by atoms with Gasteiger partial charge in [-0.15, -0.1) is 0 Å². The Morgan fingerprint density at radius 2 is 1.74 bits per heavy atom. The Kier molecular flexibility index (Phi) is 8.36. The van der Waals surface area contributed by atoms with Crippen molar-refractivity contribution in [3.05, 3.63) is 65.7 Å². The van der Waals surface area contributed by atoms with Crippen molar-refractivity contribution in [3.63, 3.8) is 0 Å². The van der Waals surface area contributed by atoms with E-state index in [0.29, 0.717) is 24.9 Å². The van der Waals surface area contributed by atoms with Crippen LogP contribution in [0, 0.1) is 0 Å². The molecule has 1 atom stereocenters. The number of amides is 2. The van der Waals surface area contributed by atoms with Crippen LogP contribution in [0.15, 0.2) is 54.6 Å². The molecule has 27 heavy (non-hydrogen) atoms. The summed E-state index contributed by atoms with van der Waals surface area (Å²) in [4.78, 5) is 23.9. The fraction of sp³-hybridized carbons (Fsp3) is 0.364. The number of hydrogen-bond acceptors (Lipinski definition) is 3. The molecule has 0 aliphatic heterocycles. The summed E-state index contributed by atoms with van der Waals surface area (Å²) in [7, 11) is 1.65. The van der Waals surface area contributed by atoms with Crippen molar-refractivity contribution in [1.82, 2.24) is 10.6 Å². The van der Waals surface area contributed by atoms with Crippen LogP contribution < -0.4 is 15.4 Å². The van der Waals surface area contributed by atoms with E-state index in [9.17, 15) is 9.59 Å². The fourth-order valence-corrected chi connectivity index (χ4v) is 2.74. The van der Waals surface area contributed by atoms with Crippen molar-refractivity contribution in [1.29, 1.82) is 0 Å². The van der Waals surface area contributed by atoms with E-state index < -0.39 is 0 Å². The predicted molar refractivity (Wildman–Crippen MR) is 107 cm³/mol. The lowest BCUT2D eigenvalue weighted by atomic mass is 10.1. The van der Waals surface area contributed by atoms with Crippen LogP contribution in [0.3, 0.4) is 0 Å². The highest BCUT2D eigenvalue weighted by molar-refractivity contribution is 5.94. The molecule has 2 aromatic rings. The topological polar surface area (TPSA) is 67.4 Å². The summed E-state index contributed by atoms with van der Waals surface area (Å²) in [6.07, 6.45) is 2.80. The van der Waals surface area contributed by atoms with Crippen molar-refractivity contribution in [2.75, 3.05) is 13.7 Å². The van der Waals surface area contributed by atoms with Crippen molar-refractivity contribution in [2.45, 2.75) is 38.6 Å². The maximum absolute atomic E-state index is 12.0. The van der Waals surface area contributed by atoms with Crippen LogP contribution in [0.5, 0.6) is 5.75 Å². The molecule has 0 fully saturated rings. The highest BCUT2D eigenvalue weighted by Crippen LogP contribution is 2.13. The number of methoxy groups -OCH3 is 1. The molecule has 0 aliphatic rings. The molecular formula is C22H28N2O3. The van der Waals surface area contributed by atoms with E-state index in [0.717, 1.165) is 18.6 Å². The van der Waals surface area contributed by atoms with Gasteiger partial charge in [0.25, 0.3) is 5.91 Å². The van der Waals surface area contributed by atoms with Crippen LogP contribution in [-0.4, -0.2) is 31.5 Å². The number of benzene rings is 2. The van der Waals surface area contributed by atoms with Crippen LogP contribution in [0.25, 0.3) is 0 Å². The van der Waals surface area contributed by atoms with E-state index >= 15 is 0 Å². The van der Waals surface area contributed by atoms with Gasteiger partial charge in [-0.25, -0.2) is 0 Å². The first-order valence-electron chi connectivity index (χ1n) is 9.34. The Hall–Kier alpha value is -2.82. The molecule has 2 amide bonds. The van der Waals surface area contributed by atoms with Gasteiger partial charge in [0.05, 0.1) is 7.11 Å². The summed E-state index contributed by atoms with van der Waals surface area (Å²) < 4.78 is 5.15. The maximum atomic E-state index is 12.0. The molecule has 0 aliphatic carbocycles. The third-order valence-electron chi connectivity index (χ3n) is 4.33. The van der Waals surface area contributed by atoms with Crippen LogP contribution >= 0.6 is 0 Å². The Morgan fingerprint density at radius 3 is 2.41 bits per heavy atom. The molecule has 0 saturated heterocycles. The first kappa shape index (κ1) is 20.5. The van der Waals surface area contributed by atoms with Crippen LogP contribution in [0.1, 0.15) is 42.1 Å². The van der Waals surface area contributed by atoms with E-state index in [2.05, 4.69) is 10.6 Å². The van der Waals surface area contributed by atoms with E-state index in [1.54, 1.807) is 19.2 Å². The quantitative estimate of drug-likeness (QED) is 0.632. The standard InChI is InChI=1S/C22H28N2O3/c1-17(10-11-18-12-14-20(27-2)15-13-18)24-21(25)9-6-16-23-22(26)19-7-4-3-5-8-19/h3-5,7-8,12-15,17H,6,9-11,16H2,1-2H3,(H,23,26)(H,24,25). The Balaban J connectivity index is 1.59. The molecule has 0 saturated carbocycles. The van der Waals surface area contributed by atoms with Gasteiger partial charge in [-0.1, -0.05) is 30.3 Å². The molecule has 1 unspecified atom stereocenters. The van der Waals surface area contributed by atoms with E-state index in [-0.39, 0.29) is 17.9 Å². The summed E-state index contributed by atoms with van der Waals surface area (Å²) >= 11 is 0. The van der Waals surface area contributed by atoms with Gasteiger partial charge in [0.15, 0.2) is 0 Å². The average molecular weight is 368 g/mol. The van der Waals surface area contributed by atoms with Crippen molar-refractivity contribution >= 4 is 11.8 Å². The molecule has 5 nitrogen and oxygen atoms in total. The summed E-state index contributed by atoms with van der Waals surface area (Å²) in [6, 6.07) is 17.2. The van der Waals surface area contributed by atoms with Gasteiger partial charge in [-0.2, -0.15) is 0 Å². The summed E-state index contributed by atoms with van der Waals surface area (Å²) in [5, 5.41) is 5.85. The molecule has 0 bridgehead atoms. The average Bonchev–Trinajstić information content (AvgIpc) is 2.70. The van der Waals surface area contributed by atoms with E-state index in [4.69, 9.17) is 4.74 Å². The molecule has 2 N–H and O–H groups in total. The lowest BCUT2D eigenvalue weighted by molar-refractivity contribution is -0.121. The van der Waals surface area contributed by atoms with Crippen molar-refractivity contribution in [2.24, 2.45) is 0 Å². The monoisotopic (exact) mass is 368 g/mol. The molecule has 144 valence electrons. The van der Waals surface area contributed by atoms with Crippen LogP contribution in [0.4, 0.5) is 0 Å². The molecule has 0 spiro atoms. The third-order valence-corrected chi connectivity index (χ3v) is 4.33. The number of carbonyl (C=O) groups excluding carboxylic acids is 2. The number of ether oxygens (including phenoxy) is 1. The Morgan fingerprint density at radius 1 is 1.04 bits per heavy atom. The largest absolute Gasteiger partial charge is 0.497 e. The molecule has 0 radical (unpaired) electrons. The Labute approximate surface area is 161 Å². The lowest BCUT2D eigenvalue weighted by Crippen LogP contribution is -2.33. The predicted octanol–water partition coefficient (Wildman–Crippen LogP) is 3.34. The minimum absolute atomic E-state index is 0.0196. The van der Waals surface area contributed by atoms with E-state index in [1.807, 2.05) is 49.4 Å². The van der Waals surface area contributed by atoms with Crippen molar-refractivity contribution < 1.29 is 14.3 Å². The second kappa shape index (κ2) is 11.0. The lowest BCUT2D eigenvalue weighted by Gasteiger charge is -2.14. The SMILES string of the molecule is COc1ccc(CCC(C)NC(=O)CCCNC(=O)c2ccccc2)cc1. The van der Waals surface area contributed by atoms with Gasteiger partial charge in [0, 0.05) is 24.6 Å². The number of hydrogen-bond donors (Lipinski definition) is 2. The van der Waals surface area contributed by atoms with Gasteiger partial charge in [0.2, 0.25) is 5.91 Å². The minimum atomic E-state index is -0.108. The third kappa shape index (κ3) is 7.52. The first-order valence-corrected chi connectivity index (χ1v) is 9.34. The minimum Gasteiger partial charge on any atom is -0.497 e. The number of rotatable bonds is 10. The smallest absolute Gasteiger partial charge is 0.251 e. The van der Waals surface area contributed by atoms with E-state index in [1.165, 1.54) is 5.56 Å². The summed E-state index contributed by atoms with van der Waals surface area (Å²) in [6.45, 7) is 2.50. The zero-order valence-corrected chi connectivity index (χ0v) is 16.0. The normalized spacial score (nSPS) is 11.5. The molecule has 5 heteroatoms. The molecule has 0 heterocycles. The summed E-state index contributed by atoms with van der Waals surface area (Å²) in [5.74, 6) is 0.759. The highest BCUT2D eigenvalue weighted by Gasteiger charge is 2.08. The van der Waals surface area contributed by atoms with Crippen LogP contribution in [0.2, 0.25) is 0 Å². The van der Waals surface area contributed by atoms with Crippen LogP contribution in [-0.2, 0) is 11.2 Å². The second-order valence-electron chi connectivity index (χ2n) is 6.58. The van der Waals surface area contributed by atoms with Gasteiger partial charge in [0.1, 0.15) is 5.75 Å². The van der Waals surface area contributed by atoms with Gasteiger partial charge in [-0.3, -0.25) is 9.59 Å². The molecule has 2 rings (SSSR count). The first-order chi connectivity index (χ1) is 13.1. The van der Waals surface area contributed by atoms with Crippen molar-refractivity contribution in [3.8, 4) is 5.75 Å². The number of carbonyl (C=O) groups is 2. The van der Waals surface area contributed by atoms with Gasteiger partial charge >= 0.3 is 0 Å². The number of aryl methyl sites for hydroxylation is 1. The summed E-state index contributed by atoms with van der Waals surface area (Å²) in [5.41, 5.74) is 1.86. The highest BCUT2D eigenvalue weighted by atomic mass is 16.5. The zero-order valence-electron chi connectivity index (χ0n) is 16.0.